The second-order valence-electron chi connectivity index (χ2n) is 7.26. The van der Waals surface area contributed by atoms with Gasteiger partial charge in [-0.05, 0) is 46.5 Å². The first kappa shape index (κ1) is 15.1. The minimum Gasteiger partial charge on any atom is -0.273 e. The van der Waals surface area contributed by atoms with E-state index < -0.39 is 5.41 Å². The molecule has 1 atom stereocenters. The SMILES string of the molecule is C=C1c2cccc3cccc(c23)C1(C)CN1C(=O)c2ccccc2C1=O. The molecule has 3 aromatic carbocycles. The standard InChI is InChI=1S/C23H17NO2/c1-14-16-11-5-7-15-8-6-12-19(20(15)16)23(14,2)13-24-21(25)17-9-3-4-10-18(17)22(24)26/h3-12H,1,13H2,2H3. The van der Waals surface area contributed by atoms with Crippen molar-refractivity contribution < 1.29 is 9.59 Å². The molecule has 0 saturated carbocycles. The van der Waals surface area contributed by atoms with E-state index in [0.29, 0.717) is 17.7 Å². The molecule has 5 rings (SSSR count). The van der Waals surface area contributed by atoms with Crippen molar-refractivity contribution in [2.45, 2.75) is 12.3 Å². The molecule has 3 heteroatoms. The third-order valence-corrected chi connectivity index (χ3v) is 5.84. The Morgan fingerprint density at radius 1 is 0.846 bits per heavy atom. The van der Waals surface area contributed by atoms with E-state index in [1.54, 1.807) is 24.3 Å². The first-order chi connectivity index (χ1) is 12.5. The third-order valence-electron chi connectivity index (χ3n) is 5.84. The molecular weight excluding hydrogens is 322 g/mol. The Bertz CT molecular complexity index is 1100. The van der Waals surface area contributed by atoms with Gasteiger partial charge in [-0.1, -0.05) is 55.1 Å². The number of nitrogens with zero attached hydrogens (tertiary/aromatic N) is 1. The van der Waals surface area contributed by atoms with E-state index >= 15 is 0 Å². The summed E-state index contributed by atoms with van der Waals surface area (Å²) < 4.78 is 0. The zero-order valence-electron chi connectivity index (χ0n) is 14.5. The summed E-state index contributed by atoms with van der Waals surface area (Å²) in [5.41, 5.74) is 3.68. The molecule has 1 heterocycles. The van der Waals surface area contributed by atoms with Gasteiger partial charge in [-0.3, -0.25) is 14.5 Å². The number of carbonyl (C=O) groups is 2. The molecule has 1 aliphatic carbocycles. The van der Waals surface area contributed by atoms with Gasteiger partial charge in [0.15, 0.2) is 0 Å². The molecule has 0 N–H and O–H groups in total. The second kappa shape index (κ2) is 4.92. The number of hydrogen-bond acceptors (Lipinski definition) is 2. The van der Waals surface area contributed by atoms with E-state index in [1.165, 1.54) is 10.3 Å². The molecule has 26 heavy (non-hydrogen) atoms. The van der Waals surface area contributed by atoms with Gasteiger partial charge < -0.3 is 0 Å². The van der Waals surface area contributed by atoms with Crippen molar-refractivity contribution in [3.05, 3.63) is 89.5 Å². The number of hydrogen-bond donors (Lipinski definition) is 0. The average molecular weight is 339 g/mol. The predicted molar refractivity (Wildman–Crippen MR) is 102 cm³/mol. The lowest BCUT2D eigenvalue weighted by Crippen LogP contribution is -2.41. The quantitative estimate of drug-likeness (QED) is 0.648. The molecule has 2 aliphatic rings. The highest BCUT2D eigenvalue weighted by atomic mass is 16.2. The summed E-state index contributed by atoms with van der Waals surface area (Å²) in [6, 6.07) is 19.4. The van der Waals surface area contributed by atoms with Crippen LogP contribution in [0.3, 0.4) is 0 Å². The van der Waals surface area contributed by atoms with E-state index in [4.69, 9.17) is 0 Å². The lowest BCUT2D eigenvalue weighted by atomic mass is 9.79. The van der Waals surface area contributed by atoms with Crippen LogP contribution in [0.5, 0.6) is 0 Å². The number of rotatable bonds is 2. The molecule has 0 bridgehead atoms. The van der Waals surface area contributed by atoms with Gasteiger partial charge in [-0.2, -0.15) is 0 Å². The highest BCUT2D eigenvalue weighted by Gasteiger charge is 2.45. The highest BCUT2D eigenvalue weighted by Crippen LogP contribution is 2.50. The van der Waals surface area contributed by atoms with E-state index in [1.807, 2.05) is 12.1 Å². The average Bonchev–Trinajstić information content (AvgIpc) is 3.03. The van der Waals surface area contributed by atoms with Crippen molar-refractivity contribution in [3.63, 3.8) is 0 Å². The van der Waals surface area contributed by atoms with Crippen molar-refractivity contribution in [2.75, 3.05) is 6.54 Å². The van der Waals surface area contributed by atoms with E-state index in [-0.39, 0.29) is 11.8 Å². The Morgan fingerprint density at radius 3 is 2.08 bits per heavy atom. The van der Waals surface area contributed by atoms with Crippen LogP contribution >= 0.6 is 0 Å². The van der Waals surface area contributed by atoms with Crippen molar-refractivity contribution in [3.8, 4) is 0 Å². The minimum atomic E-state index is -0.490. The minimum absolute atomic E-state index is 0.220. The summed E-state index contributed by atoms with van der Waals surface area (Å²) in [5.74, 6) is -0.439. The number of amides is 2. The fraction of sp³-hybridized carbons (Fsp3) is 0.130. The lowest BCUT2D eigenvalue weighted by molar-refractivity contribution is 0.0634. The van der Waals surface area contributed by atoms with Crippen molar-refractivity contribution in [1.82, 2.24) is 4.90 Å². The van der Waals surface area contributed by atoms with E-state index in [9.17, 15) is 9.59 Å². The summed E-state index contributed by atoms with van der Waals surface area (Å²) in [6.07, 6.45) is 0. The van der Waals surface area contributed by atoms with Crippen LogP contribution in [-0.2, 0) is 5.41 Å². The van der Waals surface area contributed by atoms with Crippen molar-refractivity contribution in [1.29, 1.82) is 0 Å². The number of imide groups is 1. The Kier molecular flexibility index (Phi) is 2.85. The Balaban J connectivity index is 1.63. The zero-order chi connectivity index (χ0) is 18.1. The van der Waals surface area contributed by atoms with Crippen LogP contribution in [0.1, 0.15) is 38.8 Å². The van der Waals surface area contributed by atoms with Crippen LogP contribution < -0.4 is 0 Å². The molecule has 0 radical (unpaired) electrons. The van der Waals surface area contributed by atoms with Crippen LogP contribution in [0.25, 0.3) is 16.3 Å². The van der Waals surface area contributed by atoms with E-state index in [2.05, 4.69) is 37.8 Å². The molecule has 1 aliphatic heterocycles. The van der Waals surface area contributed by atoms with Gasteiger partial charge in [-0.25, -0.2) is 0 Å². The summed E-state index contributed by atoms with van der Waals surface area (Å²) in [6.45, 7) is 6.71. The van der Waals surface area contributed by atoms with E-state index in [0.717, 1.165) is 22.1 Å². The normalized spacial score (nSPS) is 21.0. The summed E-state index contributed by atoms with van der Waals surface area (Å²) in [5, 5.41) is 2.34. The molecule has 0 spiro atoms. The summed E-state index contributed by atoms with van der Waals surface area (Å²) >= 11 is 0. The maximum absolute atomic E-state index is 12.8. The maximum Gasteiger partial charge on any atom is 0.261 e. The fourth-order valence-electron chi connectivity index (χ4n) is 4.39. The second-order valence-corrected chi connectivity index (χ2v) is 7.26. The summed E-state index contributed by atoms with van der Waals surface area (Å²) in [7, 11) is 0. The number of benzene rings is 3. The topological polar surface area (TPSA) is 37.4 Å². The zero-order valence-corrected chi connectivity index (χ0v) is 14.5. The molecule has 3 aromatic rings. The van der Waals surface area contributed by atoms with Crippen LogP contribution in [0.4, 0.5) is 0 Å². The van der Waals surface area contributed by atoms with Gasteiger partial charge in [0.2, 0.25) is 0 Å². The van der Waals surface area contributed by atoms with Crippen LogP contribution in [0.15, 0.2) is 67.2 Å². The third kappa shape index (κ3) is 1.72. The largest absolute Gasteiger partial charge is 0.273 e. The van der Waals surface area contributed by atoms with Gasteiger partial charge in [0.1, 0.15) is 0 Å². The monoisotopic (exact) mass is 339 g/mol. The lowest BCUT2D eigenvalue weighted by Gasteiger charge is -2.31. The highest BCUT2D eigenvalue weighted by molar-refractivity contribution is 6.21. The van der Waals surface area contributed by atoms with Gasteiger partial charge in [0, 0.05) is 12.0 Å². The maximum atomic E-state index is 12.8. The first-order valence-electron chi connectivity index (χ1n) is 8.69. The molecule has 126 valence electrons. The Labute approximate surface area is 151 Å². The predicted octanol–water partition coefficient (Wildman–Crippen LogP) is 4.42. The molecule has 3 nitrogen and oxygen atoms in total. The van der Waals surface area contributed by atoms with Gasteiger partial charge in [0.05, 0.1) is 11.1 Å². The molecular formula is C23H17NO2. The molecule has 0 fully saturated rings. The molecule has 0 aromatic heterocycles. The molecule has 0 saturated heterocycles. The Morgan fingerprint density at radius 2 is 1.42 bits per heavy atom. The Hall–Kier alpha value is -3.20. The molecule has 1 unspecified atom stereocenters. The van der Waals surface area contributed by atoms with Crippen LogP contribution in [0, 0.1) is 0 Å². The van der Waals surface area contributed by atoms with Gasteiger partial charge in [-0.15, -0.1) is 0 Å². The van der Waals surface area contributed by atoms with Crippen LogP contribution in [-0.4, -0.2) is 23.3 Å². The summed E-state index contributed by atoms with van der Waals surface area (Å²) in [4.78, 5) is 27.0. The van der Waals surface area contributed by atoms with Crippen molar-refractivity contribution in [2.24, 2.45) is 0 Å². The molecule has 2 amide bonds. The van der Waals surface area contributed by atoms with Crippen molar-refractivity contribution >= 4 is 28.2 Å². The van der Waals surface area contributed by atoms with Crippen LogP contribution in [0.2, 0.25) is 0 Å². The smallest absolute Gasteiger partial charge is 0.261 e. The number of carbonyl (C=O) groups excluding carboxylic acids is 2. The number of fused-ring (bicyclic) bond motifs is 1. The first-order valence-corrected chi connectivity index (χ1v) is 8.69. The van der Waals surface area contributed by atoms with Gasteiger partial charge in [0.25, 0.3) is 11.8 Å². The fourth-order valence-corrected chi connectivity index (χ4v) is 4.39. The van der Waals surface area contributed by atoms with Gasteiger partial charge >= 0.3 is 0 Å².